The fraction of sp³-hybridized carbons (Fsp3) is 0.722. The summed E-state index contributed by atoms with van der Waals surface area (Å²) in [6, 6.07) is 1.27. The molecular weight excluding hydrogens is 351 g/mol. The van der Waals surface area contributed by atoms with Crippen LogP contribution in [0.4, 0.5) is 0 Å². The van der Waals surface area contributed by atoms with Gasteiger partial charge in [0.25, 0.3) is 5.56 Å². The van der Waals surface area contributed by atoms with E-state index in [1.807, 2.05) is 55.4 Å². The molecule has 0 bridgehead atoms. The van der Waals surface area contributed by atoms with Crippen LogP contribution in [0.5, 0.6) is 0 Å². The van der Waals surface area contributed by atoms with Crippen LogP contribution in [-0.2, 0) is 27.7 Å². The average molecular weight is 382 g/mol. The Balaban J connectivity index is 2.42. The van der Waals surface area contributed by atoms with Crippen LogP contribution in [0.3, 0.4) is 0 Å². The molecular formula is C18H31BN2O4S. The largest absolute Gasteiger partial charge is 0.598 e. The summed E-state index contributed by atoms with van der Waals surface area (Å²) < 4.78 is 29.0. The minimum atomic E-state index is -1.26. The number of hydrogen-bond acceptors (Lipinski definition) is 5. The van der Waals surface area contributed by atoms with Gasteiger partial charge in [0.2, 0.25) is 0 Å². The molecule has 0 radical (unpaired) electrons. The van der Waals surface area contributed by atoms with E-state index < -0.39 is 34.4 Å². The van der Waals surface area contributed by atoms with Crippen molar-refractivity contribution in [3.05, 3.63) is 28.2 Å². The molecule has 8 heteroatoms. The summed E-state index contributed by atoms with van der Waals surface area (Å²) in [5, 5.41) is 0. The highest BCUT2D eigenvalue weighted by Gasteiger charge is 2.52. The van der Waals surface area contributed by atoms with Crippen molar-refractivity contribution in [1.82, 2.24) is 9.29 Å². The molecule has 2 atom stereocenters. The second kappa shape index (κ2) is 6.98. The van der Waals surface area contributed by atoms with Gasteiger partial charge in [0, 0.05) is 36.1 Å². The second-order valence-electron chi connectivity index (χ2n) is 8.94. The first-order valence-corrected chi connectivity index (χ1v) is 10.0. The highest BCUT2D eigenvalue weighted by Crippen LogP contribution is 2.37. The van der Waals surface area contributed by atoms with Gasteiger partial charge in [-0.15, -0.1) is 4.72 Å². The smallest absolute Gasteiger partial charge is 0.496 e. The van der Waals surface area contributed by atoms with Crippen molar-refractivity contribution in [2.45, 2.75) is 77.4 Å². The van der Waals surface area contributed by atoms with Gasteiger partial charge in [-0.1, -0.05) is 0 Å². The first-order valence-electron chi connectivity index (χ1n) is 8.90. The Morgan fingerprint density at radius 2 is 1.73 bits per heavy atom. The van der Waals surface area contributed by atoms with E-state index in [1.54, 1.807) is 19.3 Å². The number of hydrogen-bond donors (Lipinski definition) is 1. The van der Waals surface area contributed by atoms with E-state index in [1.165, 1.54) is 4.57 Å². The van der Waals surface area contributed by atoms with Gasteiger partial charge in [-0.2, -0.15) is 0 Å². The molecule has 1 fully saturated rings. The maximum Gasteiger partial charge on any atom is 0.496 e. The highest BCUT2D eigenvalue weighted by atomic mass is 32.2. The first-order chi connectivity index (χ1) is 11.7. The molecule has 0 amide bonds. The minimum absolute atomic E-state index is 0.129. The van der Waals surface area contributed by atoms with Gasteiger partial charge >= 0.3 is 7.12 Å². The van der Waals surface area contributed by atoms with Crippen LogP contribution in [0.25, 0.3) is 0 Å². The summed E-state index contributed by atoms with van der Waals surface area (Å²) in [6.45, 7) is 15.6. The van der Waals surface area contributed by atoms with Gasteiger partial charge in [0.05, 0.1) is 17.2 Å². The Hall–Kier alpha value is -0.795. The van der Waals surface area contributed by atoms with Crippen LogP contribution < -0.4 is 15.7 Å². The molecule has 1 aliphatic heterocycles. The van der Waals surface area contributed by atoms with Gasteiger partial charge in [-0.3, -0.25) is 4.79 Å². The maximum absolute atomic E-state index is 12.5. The predicted octanol–water partition coefficient (Wildman–Crippen LogP) is 1.80. The average Bonchev–Trinajstić information content (AvgIpc) is 2.68. The molecule has 6 nitrogen and oxygen atoms in total. The lowest BCUT2D eigenvalue weighted by atomic mass is 9.75. The van der Waals surface area contributed by atoms with Crippen molar-refractivity contribution in [2.75, 3.05) is 0 Å². The molecule has 1 aliphatic rings. The topological polar surface area (TPSA) is 75.5 Å². The van der Waals surface area contributed by atoms with Crippen LogP contribution >= 0.6 is 0 Å². The summed E-state index contributed by atoms with van der Waals surface area (Å²) in [6.07, 6.45) is 1.75. The molecule has 1 aromatic rings. The van der Waals surface area contributed by atoms with Gasteiger partial charge in [0.1, 0.15) is 4.75 Å². The second-order valence-corrected chi connectivity index (χ2v) is 10.9. The predicted molar refractivity (Wildman–Crippen MR) is 107 cm³/mol. The van der Waals surface area contributed by atoms with E-state index in [2.05, 4.69) is 4.72 Å². The minimum Gasteiger partial charge on any atom is -0.598 e. The van der Waals surface area contributed by atoms with E-state index >= 15 is 0 Å². The van der Waals surface area contributed by atoms with Crippen LogP contribution in [0, 0.1) is 0 Å². The SMILES string of the molecule is CC(N[S+]([O-])C(C)(C)C)c1cc(=O)n(C)cc1B1OC(C)(C)C(C)(C)O1. The highest BCUT2D eigenvalue weighted by molar-refractivity contribution is 7.90. The number of aromatic nitrogens is 1. The molecule has 1 N–H and O–H groups in total. The van der Waals surface area contributed by atoms with Crippen molar-refractivity contribution < 1.29 is 13.9 Å². The summed E-state index contributed by atoms with van der Waals surface area (Å²) in [4.78, 5) is 12.2. The summed E-state index contributed by atoms with van der Waals surface area (Å²) in [5.74, 6) is 0. The molecule has 146 valence electrons. The molecule has 2 unspecified atom stereocenters. The van der Waals surface area contributed by atoms with E-state index in [0.717, 1.165) is 11.0 Å². The lowest BCUT2D eigenvalue weighted by Crippen LogP contribution is -2.45. The van der Waals surface area contributed by atoms with Crippen molar-refractivity contribution >= 4 is 23.9 Å². The van der Waals surface area contributed by atoms with Crippen LogP contribution in [-0.4, -0.2) is 32.2 Å². The number of pyridine rings is 1. The van der Waals surface area contributed by atoms with Crippen molar-refractivity contribution in [3.8, 4) is 0 Å². The Kier molecular flexibility index (Phi) is 5.77. The zero-order valence-corrected chi connectivity index (χ0v) is 18.1. The lowest BCUT2D eigenvalue weighted by Gasteiger charge is -2.32. The molecule has 1 saturated heterocycles. The third kappa shape index (κ3) is 4.20. The van der Waals surface area contributed by atoms with Gasteiger partial charge < -0.3 is 18.4 Å². The van der Waals surface area contributed by atoms with Crippen molar-refractivity contribution in [3.63, 3.8) is 0 Å². The standard InChI is InChI=1S/C18H31BN2O4S/c1-12(20-26(23)16(2,3)4)13-10-15(22)21(9)11-14(13)19-24-17(5,6)18(7,8)25-19/h10-12,20H,1-9H3. The third-order valence-electron chi connectivity index (χ3n) is 5.11. The fourth-order valence-corrected chi connectivity index (χ4v) is 3.41. The number of rotatable bonds is 4. The Morgan fingerprint density at radius 3 is 2.19 bits per heavy atom. The third-order valence-corrected chi connectivity index (χ3v) is 6.79. The molecule has 2 rings (SSSR count). The number of nitrogens with zero attached hydrogens (tertiary/aromatic N) is 1. The molecule has 1 aromatic heterocycles. The van der Waals surface area contributed by atoms with E-state index in [9.17, 15) is 9.35 Å². The monoisotopic (exact) mass is 382 g/mol. The van der Waals surface area contributed by atoms with E-state index in [0.29, 0.717) is 0 Å². The molecule has 0 saturated carbocycles. The zero-order chi connectivity index (χ0) is 20.1. The van der Waals surface area contributed by atoms with Crippen LogP contribution in [0.2, 0.25) is 0 Å². The van der Waals surface area contributed by atoms with Crippen molar-refractivity contribution in [2.24, 2.45) is 7.05 Å². The zero-order valence-electron chi connectivity index (χ0n) is 17.3. The lowest BCUT2D eigenvalue weighted by molar-refractivity contribution is 0.00578. The summed E-state index contributed by atoms with van der Waals surface area (Å²) >= 11 is -1.26. The molecule has 0 aromatic carbocycles. The van der Waals surface area contributed by atoms with Crippen LogP contribution in [0.15, 0.2) is 17.1 Å². The van der Waals surface area contributed by atoms with E-state index in [-0.39, 0.29) is 11.6 Å². The van der Waals surface area contributed by atoms with E-state index in [4.69, 9.17) is 9.31 Å². The Bertz CT molecular complexity index is 711. The number of nitrogens with one attached hydrogen (secondary N) is 1. The van der Waals surface area contributed by atoms with Gasteiger partial charge in [-0.05, 0) is 61.0 Å². The first kappa shape index (κ1) is 21.5. The molecule has 2 heterocycles. The molecule has 0 spiro atoms. The normalized spacial score (nSPS) is 21.7. The quantitative estimate of drug-likeness (QED) is 0.635. The maximum atomic E-state index is 12.5. The summed E-state index contributed by atoms with van der Waals surface area (Å²) in [5.41, 5.74) is 0.430. The van der Waals surface area contributed by atoms with Gasteiger partial charge in [-0.25, -0.2) is 0 Å². The number of aryl methyl sites for hydroxylation is 1. The Labute approximate surface area is 160 Å². The molecule has 0 aliphatic carbocycles. The fourth-order valence-electron chi connectivity index (χ4n) is 2.61. The van der Waals surface area contributed by atoms with Crippen LogP contribution in [0.1, 0.15) is 67.0 Å². The van der Waals surface area contributed by atoms with Crippen molar-refractivity contribution in [1.29, 1.82) is 0 Å². The Morgan fingerprint density at radius 1 is 1.23 bits per heavy atom. The summed E-state index contributed by atoms with van der Waals surface area (Å²) in [7, 11) is 1.11. The van der Waals surface area contributed by atoms with Gasteiger partial charge in [0.15, 0.2) is 0 Å². The molecule has 26 heavy (non-hydrogen) atoms.